The van der Waals surface area contributed by atoms with Crippen LogP contribution in [0.1, 0.15) is 13.3 Å². The van der Waals surface area contributed by atoms with Gasteiger partial charge in [0, 0.05) is 18.9 Å². The van der Waals surface area contributed by atoms with Crippen molar-refractivity contribution in [2.75, 3.05) is 6.61 Å². The first-order chi connectivity index (χ1) is 5.72. The van der Waals surface area contributed by atoms with E-state index in [-0.39, 0.29) is 18.7 Å². The van der Waals surface area contributed by atoms with Crippen LogP contribution in [0.25, 0.3) is 0 Å². The summed E-state index contributed by atoms with van der Waals surface area (Å²) in [4.78, 5) is 20.6. The highest BCUT2D eigenvalue weighted by molar-refractivity contribution is 5.73. The summed E-state index contributed by atoms with van der Waals surface area (Å²) in [7, 11) is 0. The largest absolute Gasteiger partial charge is 0.494 e. The molecule has 0 radical (unpaired) electrons. The van der Waals surface area contributed by atoms with Crippen molar-refractivity contribution in [3.05, 3.63) is 11.8 Å². The van der Waals surface area contributed by atoms with E-state index in [9.17, 15) is 9.59 Å². The lowest BCUT2D eigenvalue weighted by Crippen LogP contribution is -2.16. The van der Waals surface area contributed by atoms with E-state index >= 15 is 0 Å². The van der Waals surface area contributed by atoms with Crippen molar-refractivity contribution in [1.82, 2.24) is 0 Å². The van der Waals surface area contributed by atoms with Crippen molar-refractivity contribution in [1.29, 1.82) is 0 Å². The molecule has 0 saturated carbocycles. The summed E-state index contributed by atoms with van der Waals surface area (Å²) in [6.45, 7) is 1.55. The van der Waals surface area contributed by atoms with Crippen LogP contribution in [0, 0.1) is 0 Å². The van der Waals surface area contributed by atoms with Crippen LogP contribution in [-0.2, 0) is 19.1 Å². The van der Waals surface area contributed by atoms with E-state index in [1.54, 1.807) is 0 Å². The fourth-order valence-corrected chi connectivity index (χ4v) is 0.927. The lowest BCUT2D eigenvalue weighted by molar-refractivity contribution is -0.143. The summed E-state index contributed by atoms with van der Waals surface area (Å²) < 4.78 is 9.74. The lowest BCUT2D eigenvalue weighted by Gasteiger charge is -2.08. The van der Waals surface area contributed by atoms with Crippen molar-refractivity contribution in [3.63, 3.8) is 0 Å². The van der Waals surface area contributed by atoms with Crippen LogP contribution in [0.2, 0.25) is 0 Å². The number of ether oxygens (including phenoxy) is 2. The topological polar surface area (TPSA) is 52.6 Å². The maximum atomic E-state index is 10.4. The maximum absolute atomic E-state index is 10.4. The number of esters is 1. The highest BCUT2D eigenvalue weighted by Crippen LogP contribution is 2.15. The highest BCUT2D eigenvalue weighted by atomic mass is 16.6. The third kappa shape index (κ3) is 2.38. The van der Waals surface area contributed by atoms with Gasteiger partial charge >= 0.3 is 5.97 Å². The standard InChI is InChI=1S/C8H10O4/c1-6(10)11-5-8-2-7(3-9)4-12-8/h3-4,8H,2,5H2,1H3/t8-/m0/s1. The van der Waals surface area contributed by atoms with Gasteiger partial charge in [-0.2, -0.15) is 0 Å². The van der Waals surface area contributed by atoms with Gasteiger partial charge in [0.25, 0.3) is 0 Å². The van der Waals surface area contributed by atoms with E-state index in [4.69, 9.17) is 9.47 Å². The zero-order chi connectivity index (χ0) is 8.97. The number of hydrogen-bond acceptors (Lipinski definition) is 4. The Bertz CT molecular complexity index is 219. The molecule has 1 aliphatic rings. The molecule has 4 nitrogen and oxygen atoms in total. The molecule has 0 bridgehead atoms. The van der Waals surface area contributed by atoms with Crippen LogP contribution in [0.3, 0.4) is 0 Å². The van der Waals surface area contributed by atoms with E-state index in [0.29, 0.717) is 12.0 Å². The molecule has 1 atom stereocenters. The number of carbonyl (C=O) groups is 2. The molecule has 0 N–H and O–H groups in total. The molecule has 0 unspecified atom stereocenters. The summed E-state index contributed by atoms with van der Waals surface area (Å²) in [6.07, 6.45) is 2.49. The fraction of sp³-hybridized carbons (Fsp3) is 0.500. The Morgan fingerprint density at radius 3 is 3.17 bits per heavy atom. The van der Waals surface area contributed by atoms with E-state index in [0.717, 1.165) is 6.29 Å². The van der Waals surface area contributed by atoms with Gasteiger partial charge in [-0.1, -0.05) is 0 Å². The first-order valence-electron chi connectivity index (χ1n) is 3.65. The van der Waals surface area contributed by atoms with Crippen molar-refractivity contribution >= 4 is 12.3 Å². The third-order valence-electron chi connectivity index (χ3n) is 1.50. The molecule has 0 saturated heterocycles. The molecule has 1 aliphatic heterocycles. The molecule has 0 aromatic rings. The number of carbonyl (C=O) groups excluding carboxylic acids is 2. The number of hydrogen-bond donors (Lipinski definition) is 0. The average Bonchev–Trinajstić information content (AvgIpc) is 2.48. The Morgan fingerprint density at radius 1 is 1.92 bits per heavy atom. The number of aldehydes is 1. The van der Waals surface area contributed by atoms with Gasteiger partial charge in [0.05, 0.1) is 6.26 Å². The van der Waals surface area contributed by atoms with Crippen molar-refractivity contribution in [2.45, 2.75) is 19.4 Å². The van der Waals surface area contributed by atoms with Crippen LogP contribution >= 0.6 is 0 Å². The van der Waals surface area contributed by atoms with Gasteiger partial charge < -0.3 is 9.47 Å². The van der Waals surface area contributed by atoms with Crippen molar-refractivity contribution < 1.29 is 19.1 Å². The van der Waals surface area contributed by atoms with Crippen LogP contribution in [-0.4, -0.2) is 25.0 Å². The summed E-state index contributed by atoms with van der Waals surface area (Å²) >= 11 is 0. The second-order valence-corrected chi connectivity index (χ2v) is 2.58. The molecule has 12 heavy (non-hydrogen) atoms. The Hall–Kier alpha value is -1.32. The van der Waals surface area contributed by atoms with Crippen LogP contribution in [0.4, 0.5) is 0 Å². The SMILES string of the molecule is CC(=O)OC[C@@H]1CC(C=O)=CO1. The molecule has 0 amide bonds. The minimum absolute atomic E-state index is 0.186. The van der Waals surface area contributed by atoms with E-state index < -0.39 is 0 Å². The maximum Gasteiger partial charge on any atom is 0.302 e. The molecular weight excluding hydrogens is 160 g/mol. The minimum Gasteiger partial charge on any atom is -0.494 e. The Kier molecular flexibility index (Phi) is 2.85. The lowest BCUT2D eigenvalue weighted by atomic mass is 10.2. The average molecular weight is 170 g/mol. The van der Waals surface area contributed by atoms with Crippen molar-refractivity contribution in [3.8, 4) is 0 Å². The molecule has 66 valence electrons. The number of rotatable bonds is 3. The van der Waals surface area contributed by atoms with Gasteiger partial charge in [0.1, 0.15) is 19.0 Å². The Labute approximate surface area is 70.1 Å². The predicted octanol–water partition coefficient (Wildman–Crippen LogP) is 0.421. The molecule has 4 heteroatoms. The molecule has 1 heterocycles. The summed E-state index contributed by atoms with van der Waals surface area (Å²) in [5, 5.41) is 0. The summed E-state index contributed by atoms with van der Waals surface area (Å²) in [5.41, 5.74) is 0.604. The highest BCUT2D eigenvalue weighted by Gasteiger charge is 2.18. The predicted molar refractivity (Wildman–Crippen MR) is 40.3 cm³/mol. The molecule has 1 rings (SSSR count). The van der Waals surface area contributed by atoms with Crippen LogP contribution in [0.5, 0.6) is 0 Å². The second-order valence-electron chi connectivity index (χ2n) is 2.58. The molecule has 0 aliphatic carbocycles. The van der Waals surface area contributed by atoms with Crippen LogP contribution < -0.4 is 0 Å². The van der Waals surface area contributed by atoms with Gasteiger partial charge in [-0.05, 0) is 0 Å². The monoisotopic (exact) mass is 170 g/mol. The van der Waals surface area contributed by atoms with Gasteiger partial charge in [-0.3, -0.25) is 9.59 Å². The molecule has 0 spiro atoms. The van der Waals surface area contributed by atoms with Gasteiger partial charge in [0.2, 0.25) is 0 Å². The Morgan fingerprint density at radius 2 is 2.67 bits per heavy atom. The second kappa shape index (κ2) is 3.90. The normalized spacial score (nSPS) is 21.1. The van der Waals surface area contributed by atoms with E-state index in [1.165, 1.54) is 13.2 Å². The molecular formula is C8H10O4. The quantitative estimate of drug-likeness (QED) is 0.455. The summed E-state index contributed by atoms with van der Waals surface area (Å²) in [5.74, 6) is -0.335. The van der Waals surface area contributed by atoms with Crippen molar-refractivity contribution in [2.24, 2.45) is 0 Å². The van der Waals surface area contributed by atoms with E-state index in [2.05, 4.69) is 0 Å². The van der Waals surface area contributed by atoms with Gasteiger partial charge in [0.15, 0.2) is 0 Å². The first-order valence-corrected chi connectivity index (χ1v) is 3.65. The zero-order valence-corrected chi connectivity index (χ0v) is 6.78. The fourth-order valence-electron chi connectivity index (χ4n) is 0.927. The smallest absolute Gasteiger partial charge is 0.302 e. The zero-order valence-electron chi connectivity index (χ0n) is 6.78. The minimum atomic E-state index is -0.335. The van der Waals surface area contributed by atoms with Crippen LogP contribution in [0.15, 0.2) is 11.8 Å². The summed E-state index contributed by atoms with van der Waals surface area (Å²) in [6, 6.07) is 0. The molecule has 0 aromatic heterocycles. The molecule has 0 aromatic carbocycles. The Balaban J connectivity index is 2.23. The first kappa shape index (κ1) is 8.77. The van der Waals surface area contributed by atoms with Gasteiger partial charge in [-0.15, -0.1) is 0 Å². The van der Waals surface area contributed by atoms with E-state index in [1.807, 2.05) is 0 Å². The third-order valence-corrected chi connectivity index (χ3v) is 1.50. The molecule has 0 fully saturated rings. The van der Waals surface area contributed by atoms with Gasteiger partial charge in [-0.25, -0.2) is 0 Å².